The Morgan fingerprint density at radius 2 is 2.27 bits per heavy atom. The molecule has 4 nitrogen and oxygen atoms in total. The first-order valence-corrected chi connectivity index (χ1v) is 7.77. The Morgan fingerprint density at radius 1 is 1.45 bits per heavy atom. The monoisotopic (exact) mass is 319 g/mol. The third kappa shape index (κ3) is 2.89. The number of aliphatic hydroxyl groups excluding tert-OH is 1. The van der Waals surface area contributed by atoms with E-state index in [-0.39, 0.29) is 5.76 Å². The number of rotatable bonds is 4. The van der Waals surface area contributed by atoms with Crippen LogP contribution in [0.4, 0.5) is 0 Å². The van der Waals surface area contributed by atoms with Crippen LogP contribution in [0.1, 0.15) is 13.3 Å². The van der Waals surface area contributed by atoms with Crippen molar-refractivity contribution in [2.45, 2.75) is 13.3 Å². The molecule has 3 rings (SSSR count). The molecule has 116 valence electrons. The minimum absolute atomic E-state index is 0.153. The average Bonchev–Trinajstić information content (AvgIpc) is 2.48. The molecule has 0 amide bonds. The van der Waals surface area contributed by atoms with Gasteiger partial charge >= 0.3 is 5.97 Å². The van der Waals surface area contributed by atoms with Crippen LogP contribution in [0.3, 0.4) is 0 Å². The molecule has 0 saturated heterocycles. The quantitative estimate of drug-likeness (QED) is 0.852. The number of hydrogen-bond acceptors (Lipinski definition) is 4. The van der Waals surface area contributed by atoms with E-state index in [1.807, 2.05) is 18.2 Å². The van der Waals surface area contributed by atoms with E-state index in [0.717, 1.165) is 18.1 Å². The van der Waals surface area contributed by atoms with Crippen molar-refractivity contribution < 1.29 is 14.6 Å². The first kappa shape index (κ1) is 15.1. The van der Waals surface area contributed by atoms with Crippen LogP contribution in [0, 0.1) is 0 Å². The number of benzene rings is 1. The Hall–Kier alpha value is -1.78. The average molecular weight is 320 g/mol. The SMILES string of the molecule is CCOC(=O)C1=C(O)CCN(CC2=c3cc(Cl)ccc3=C2)C1. The fourth-order valence-corrected chi connectivity index (χ4v) is 3.01. The molecule has 0 radical (unpaired) electrons. The summed E-state index contributed by atoms with van der Waals surface area (Å²) in [6.07, 6.45) is 2.61. The Labute approximate surface area is 133 Å². The second-order valence-electron chi connectivity index (χ2n) is 5.51. The predicted octanol–water partition coefficient (Wildman–Crippen LogP) is 1.37. The van der Waals surface area contributed by atoms with Gasteiger partial charge in [0.05, 0.1) is 12.2 Å². The van der Waals surface area contributed by atoms with Gasteiger partial charge in [0, 0.05) is 31.1 Å². The molecule has 1 heterocycles. The maximum absolute atomic E-state index is 11.9. The maximum atomic E-state index is 11.9. The summed E-state index contributed by atoms with van der Waals surface area (Å²) in [4.78, 5) is 14.0. The zero-order chi connectivity index (χ0) is 15.7. The number of carbonyl (C=O) groups is 1. The van der Waals surface area contributed by atoms with Crippen LogP contribution in [0.5, 0.6) is 0 Å². The summed E-state index contributed by atoms with van der Waals surface area (Å²) in [5, 5.41) is 13.0. The summed E-state index contributed by atoms with van der Waals surface area (Å²) in [7, 11) is 0. The van der Waals surface area contributed by atoms with Crippen LogP contribution in [0.25, 0.3) is 11.6 Å². The van der Waals surface area contributed by atoms with E-state index in [2.05, 4.69) is 11.0 Å². The highest BCUT2D eigenvalue weighted by Gasteiger charge is 2.25. The fourth-order valence-electron chi connectivity index (χ4n) is 2.84. The van der Waals surface area contributed by atoms with Crippen molar-refractivity contribution in [3.63, 3.8) is 0 Å². The summed E-state index contributed by atoms with van der Waals surface area (Å²) in [6.45, 7) is 3.95. The number of fused-ring (bicyclic) bond motifs is 1. The van der Waals surface area contributed by atoms with Gasteiger partial charge in [-0.3, -0.25) is 4.90 Å². The normalized spacial score (nSPS) is 17.6. The third-order valence-corrected chi connectivity index (χ3v) is 4.24. The summed E-state index contributed by atoms with van der Waals surface area (Å²) >= 11 is 6.03. The Balaban J connectivity index is 1.74. The topological polar surface area (TPSA) is 49.8 Å². The van der Waals surface area contributed by atoms with Crippen molar-refractivity contribution in [2.75, 3.05) is 26.2 Å². The summed E-state index contributed by atoms with van der Waals surface area (Å²) in [5.41, 5.74) is 1.58. The second-order valence-corrected chi connectivity index (χ2v) is 5.94. The molecular formula is C17H18ClNO3. The van der Waals surface area contributed by atoms with Gasteiger partial charge in [0.1, 0.15) is 5.76 Å². The van der Waals surface area contributed by atoms with Crippen LogP contribution in [0.2, 0.25) is 5.02 Å². The summed E-state index contributed by atoms with van der Waals surface area (Å²) in [5.74, 6) is -0.267. The first-order chi connectivity index (χ1) is 10.6. The standard InChI is InChI=1S/C17H18ClNO3/c1-2-22-17(21)15-10-19(6-5-16(15)20)9-12-7-11-3-4-13(18)8-14(11)12/h3-4,7-8,20H,2,5-6,9-10H2,1H3. The van der Waals surface area contributed by atoms with Crippen molar-refractivity contribution in [1.29, 1.82) is 0 Å². The van der Waals surface area contributed by atoms with Gasteiger partial charge in [-0.1, -0.05) is 17.7 Å². The molecule has 0 saturated carbocycles. The number of nitrogens with zero attached hydrogens (tertiary/aromatic N) is 1. The Bertz CT molecular complexity index is 767. The highest BCUT2D eigenvalue weighted by atomic mass is 35.5. The lowest BCUT2D eigenvalue weighted by molar-refractivity contribution is -0.139. The van der Waals surface area contributed by atoms with Gasteiger partial charge in [-0.25, -0.2) is 4.79 Å². The van der Waals surface area contributed by atoms with Crippen molar-refractivity contribution >= 4 is 29.2 Å². The van der Waals surface area contributed by atoms with Gasteiger partial charge in [0.2, 0.25) is 0 Å². The lowest BCUT2D eigenvalue weighted by Crippen LogP contribution is -2.41. The molecule has 1 aliphatic carbocycles. The molecule has 1 aliphatic heterocycles. The van der Waals surface area contributed by atoms with Gasteiger partial charge in [-0.15, -0.1) is 0 Å². The summed E-state index contributed by atoms with van der Waals surface area (Å²) < 4.78 is 5.00. The van der Waals surface area contributed by atoms with E-state index in [1.54, 1.807) is 6.92 Å². The Kier molecular flexibility index (Phi) is 4.23. The van der Waals surface area contributed by atoms with Crippen LogP contribution < -0.4 is 10.4 Å². The molecule has 2 aliphatic rings. The lowest BCUT2D eigenvalue weighted by Gasteiger charge is -2.29. The van der Waals surface area contributed by atoms with Crippen LogP contribution >= 0.6 is 11.6 Å². The van der Waals surface area contributed by atoms with Gasteiger partial charge in [0.15, 0.2) is 0 Å². The van der Waals surface area contributed by atoms with Crippen LogP contribution in [0.15, 0.2) is 29.5 Å². The van der Waals surface area contributed by atoms with Crippen molar-refractivity contribution in [3.8, 4) is 0 Å². The molecule has 0 fully saturated rings. The van der Waals surface area contributed by atoms with Crippen molar-refractivity contribution in [2.24, 2.45) is 0 Å². The molecule has 1 aromatic rings. The fraction of sp³-hybridized carbons (Fsp3) is 0.353. The lowest BCUT2D eigenvalue weighted by atomic mass is 9.98. The molecule has 1 aromatic carbocycles. The van der Waals surface area contributed by atoms with Crippen LogP contribution in [-0.4, -0.2) is 42.2 Å². The molecule has 0 unspecified atom stereocenters. The minimum Gasteiger partial charge on any atom is -0.512 e. The predicted molar refractivity (Wildman–Crippen MR) is 85.9 cm³/mol. The number of esters is 1. The zero-order valence-electron chi connectivity index (χ0n) is 12.4. The van der Waals surface area contributed by atoms with Gasteiger partial charge in [-0.2, -0.15) is 0 Å². The third-order valence-electron chi connectivity index (χ3n) is 4.00. The van der Waals surface area contributed by atoms with E-state index in [9.17, 15) is 9.90 Å². The number of aliphatic hydroxyl groups is 1. The van der Waals surface area contributed by atoms with E-state index in [4.69, 9.17) is 16.3 Å². The van der Waals surface area contributed by atoms with Crippen LogP contribution in [-0.2, 0) is 9.53 Å². The largest absolute Gasteiger partial charge is 0.512 e. The summed E-state index contributed by atoms with van der Waals surface area (Å²) in [6, 6.07) is 5.86. The van der Waals surface area contributed by atoms with Crippen molar-refractivity contribution in [3.05, 3.63) is 45.0 Å². The van der Waals surface area contributed by atoms with E-state index >= 15 is 0 Å². The molecule has 0 bridgehead atoms. The van der Waals surface area contributed by atoms with Crippen molar-refractivity contribution in [1.82, 2.24) is 4.90 Å². The molecule has 0 atom stereocenters. The number of hydrogen-bond donors (Lipinski definition) is 1. The molecule has 22 heavy (non-hydrogen) atoms. The smallest absolute Gasteiger partial charge is 0.338 e. The maximum Gasteiger partial charge on any atom is 0.338 e. The van der Waals surface area contributed by atoms with E-state index in [1.165, 1.54) is 16.0 Å². The number of halogens is 1. The molecule has 0 spiro atoms. The first-order valence-electron chi connectivity index (χ1n) is 7.39. The molecule has 1 N–H and O–H groups in total. The van der Waals surface area contributed by atoms with Gasteiger partial charge in [-0.05, 0) is 41.1 Å². The van der Waals surface area contributed by atoms with E-state index < -0.39 is 5.97 Å². The zero-order valence-corrected chi connectivity index (χ0v) is 13.2. The molecular weight excluding hydrogens is 302 g/mol. The highest BCUT2D eigenvalue weighted by molar-refractivity contribution is 6.30. The second kappa shape index (κ2) is 6.15. The minimum atomic E-state index is -0.421. The highest BCUT2D eigenvalue weighted by Crippen LogP contribution is 2.19. The Morgan fingerprint density at radius 3 is 3.05 bits per heavy atom. The van der Waals surface area contributed by atoms with Gasteiger partial charge < -0.3 is 9.84 Å². The molecule has 5 heteroatoms. The number of carbonyl (C=O) groups excluding carboxylic acids is 1. The van der Waals surface area contributed by atoms with Gasteiger partial charge in [0.25, 0.3) is 0 Å². The number of ether oxygens (including phenoxy) is 1. The molecule has 0 aromatic heterocycles. The van der Waals surface area contributed by atoms with E-state index in [0.29, 0.717) is 25.1 Å².